The third-order valence-corrected chi connectivity index (χ3v) is 3.66. The Labute approximate surface area is 117 Å². The van der Waals surface area contributed by atoms with Crippen molar-refractivity contribution in [1.29, 1.82) is 0 Å². The van der Waals surface area contributed by atoms with Crippen LogP contribution < -0.4 is 10.1 Å². The summed E-state index contributed by atoms with van der Waals surface area (Å²) < 4.78 is 12.4. The molecule has 0 aromatic heterocycles. The van der Waals surface area contributed by atoms with Crippen LogP contribution in [-0.2, 0) is 4.74 Å². The van der Waals surface area contributed by atoms with Gasteiger partial charge in [-0.1, -0.05) is 29.8 Å². The van der Waals surface area contributed by atoms with Crippen LogP contribution in [0.3, 0.4) is 0 Å². The van der Waals surface area contributed by atoms with Crippen LogP contribution in [0.4, 0.5) is 0 Å². The second kappa shape index (κ2) is 6.55. The van der Waals surface area contributed by atoms with Gasteiger partial charge in [0, 0.05) is 10.5 Å². The third kappa shape index (κ3) is 3.97. The van der Waals surface area contributed by atoms with Gasteiger partial charge in [-0.2, -0.15) is 0 Å². The molecule has 1 aromatic rings. The van der Waals surface area contributed by atoms with Gasteiger partial charge < -0.3 is 14.8 Å². The maximum absolute atomic E-state index is 5.77. The van der Waals surface area contributed by atoms with Crippen molar-refractivity contribution in [3.8, 4) is 5.75 Å². The number of hydrogen-bond donors (Lipinski definition) is 1. The predicted molar refractivity (Wildman–Crippen MR) is 76.0 cm³/mol. The fourth-order valence-electron chi connectivity index (χ4n) is 1.95. The molecule has 1 heterocycles. The smallest absolute Gasteiger partial charge is 0.119 e. The quantitative estimate of drug-likeness (QED) is 0.927. The van der Waals surface area contributed by atoms with Gasteiger partial charge in [-0.05, 0) is 30.2 Å². The van der Waals surface area contributed by atoms with Crippen LogP contribution >= 0.6 is 15.9 Å². The number of hydrogen-bond acceptors (Lipinski definition) is 3. The van der Waals surface area contributed by atoms with Gasteiger partial charge in [-0.15, -0.1) is 0 Å². The highest BCUT2D eigenvalue weighted by atomic mass is 79.9. The molecule has 100 valence electrons. The molecule has 0 saturated carbocycles. The van der Waals surface area contributed by atoms with Crippen LogP contribution in [0.5, 0.6) is 5.75 Å². The minimum Gasteiger partial charge on any atom is -0.492 e. The summed E-state index contributed by atoms with van der Waals surface area (Å²) in [6.45, 7) is 6.58. The SMILES string of the molecule is CC(C)[C@H]1COCC(COc2ccc(Br)cc2)N1. The van der Waals surface area contributed by atoms with Crippen molar-refractivity contribution in [2.75, 3.05) is 19.8 Å². The molecule has 1 fully saturated rings. The molecule has 0 spiro atoms. The lowest BCUT2D eigenvalue weighted by Gasteiger charge is -2.33. The second-order valence-electron chi connectivity index (χ2n) is 5.02. The van der Waals surface area contributed by atoms with E-state index in [0.29, 0.717) is 18.6 Å². The van der Waals surface area contributed by atoms with E-state index in [1.807, 2.05) is 24.3 Å². The molecule has 1 saturated heterocycles. The van der Waals surface area contributed by atoms with E-state index in [0.717, 1.165) is 23.4 Å². The van der Waals surface area contributed by atoms with Gasteiger partial charge in [0.15, 0.2) is 0 Å². The van der Waals surface area contributed by atoms with Gasteiger partial charge >= 0.3 is 0 Å². The number of nitrogens with one attached hydrogen (secondary N) is 1. The molecule has 1 unspecified atom stereocenters. The number of ether oxygens (including phenoxy) is 2. The summed E-state index contributed by atoms with van der Waals surface area (Å²) in [6.07, 6.45) is 0. The minimum atomic E-state index is 0.273. The summed E-state index contributed by atoms with van der Waals surface area (Å²) in [5.74, 6) is 1.48. The summed E-state index contributed by atoms with van der Waals surface area (Å²) in [4.78, 5) is 0. The van der Waals surface area contributed by atoms with Crippen molar-refractivity contribution in [3.05, 3.63) is 28.7 Å². The monoisotopic (exact) mass is 313 g/mol. The van der Waals surface area contributed by atoms with Crippen LogP contribution in [0.15, 0.2) is 28.7 Å². The fraction of sp³-hybridized carbons (Fsp3) is 0.571. The number of rotatable bonds is 4. The molecule has 0 amide bonds. The molecule has 1 aliphatic heterocycles. The Kier molecular flexibility index (Phi) is 5.03. The van der Waals surface area contributed by atoms with Gasteiger partial charge in [-0.25, -0.2) is 0 Å². The van der Waals surface area contributed by atoms with E-state index in [1.54, 1.807) is 0 Å². The van der Waals surface area contributed by atoms with Crippen LogP contribution in [0, 0.1) is 5.92 Å². The highest BCUT2D eigenvalue weighted by Crippen LogP contribution is 2.17. The zero-order valence-corrected chi connectivity index (χ0v) is 12.4. The topological polar surface area (TPSA) is 30.5 Å². The number of benzene rings is 1. The third-order valence-electron chi connectivity index (χ3n) is 3.14. The Morgan fingerprint density at radius 1 is 1.33 bits per heavy atom. The second-order valence-corrected chi connectivity index (χ2v) is 5.93. The summed E-state index contributed by atoms with van der Waals surface area (Å²) in [6, 6.07) is 8.60. The molecule has 2 rings (SSSR count). The summed E-state index contributed by atoms with van der Waals surface area (Å²) >= 11 is 3.41. The van der Waals surface area contributed by atoms with Crippen LogP contribution in [0.2, 0.25) is 0 Å². The Bertz CT molecular complexity index is 367. The first kappa shape index (κ1) is 13.8. The first-order chi connectivity index (χ1) is 8.65. The van der Waals surface area contributed by atoms with E-state index in [1.165, 1.54) is 0 Å². The lowest BCUT2D eigenvalue weighted by molar-refractivity contribution is 0.0185. The van der Waals surface area contributed by atoms with Crippen molar-refractivity contribution in [2.24, 2.45) is 5.92 Å². The molecule has 4 heteroatoms. The summed E-state index contributed by atoms with van der Waals surface area (Å²) in [5.41, 5.74) is 0. The first-order valence-corrected chi connectivity index (χ1v) is 7.16. The van der Waals surface area contributed by atoms with Gasteiger partial charge in [0.2, 0.25) is 0 Å². The van der Waals surface area contributed by atoms with E-state index in [4.69, 9.17) is 9.47 Å². The fourth-order valence-corrected chi connectivity index (χ4v) is 2.21. The molecular formula is C14H20BrNO2. The van der Waals surface area contributed by atoms with Crippen molar-refractivity contribution in [2.45, 2.75) is 25.9 Å². The molecule has 3 nitrogen and oxygen atoms in total. The normalized spacial score (nSPS) is 24.2. The Balaban J connectivity index is 1.81. The van der Waals surface area contributed by atoms with Gasteiger partial charge in [0.25, 0.3) is 0 Å². The van der Waals surface area contributed by atoms with Crippen LogP contribution in [-0.4, -0.2) is 31.9 Å². The molecule has 0 aliphatic carbocycles. The predicted octanol–water partition coefficient (Wildman–Crippen LogP) is 2.84. The Morgan fingerprint density at radius 2 is 2.06 bits per heavy atom. The lowest BCUT2D eigenvalue weighted by Crippen LogP contribution is -2.53. The molecule has 18 heavy (non-hydrogen) atoms. The van der Waals surface area contributed by atoms with Crippen molar-refractivity contribution in [1.82, 2.24) is 5.32 Å². The number of morpholine rings is 1. The van der Waals surface area contributed by atoms with Crippen molar-refractivity contribution in [3.63, 3.8) is 0 Å². The molecule has 1 aromatic carbocycles. The lowest BCUT2D eigenvalue weighted by atomic mass is 10.0. The Hall–Kier alpha value is -0.580. The zero-order chi connectivity index (χ0) is 13.0. The molecule has 0 bridgehead atoms. The van der Waals surface area contributed by atoms with Crippen LogP contribution in [0.1, 0.15) is 13.8 Å². The maximum Gasteiger partial charge on any atom is 0.119 e. The summed E-state index contributed by atoms with van der Waals surface area (Å²) in [7, 11) is 0. The Morgan fingerprint density at radius 3 is 2.72 bits per heavy atom. The van der Waals surface area contributed by atoms with E-state index in [2.05, 4.69) is 35.1 Å². The van der Waals surface area contributed by atoms with Crippen molar-refractivity contribution >= 4 is 15.9 Å². The molecule has 1 aliphatic rings. The standard InChI is InChI=1S/C14H20BrNO2/c1-10(2)14-9-17-7-12(16-14)8-18-13-5-3-11(15)4-6-13/h3-6,10,12,14,16H,7-9H2,1-2H3/t12?,14-/m1/s1. The minimum absolute atomic E-state index is 0.273. The van der Waals surface area contributed by atoms with E-state index in [-0.39, 0.29) is 6.04 Å². The van der Waals surface area contributed by atoms with Gasteiger partial charge in [0.05, 0.1) is 19.3 Å². The van der Waals surface area contributed by atoms with E-state index >= 15 is 0 Å². The first-order valence-electron chi connectivity index (χ1n) is 6.37. The van der Waals surface area contributed by atoms with E-state index in [9.17, 15) is 0 Å². The number of halogens is 1. The molecule has 0 radical (unpaired) electrons. The highest BCUT2D eigenvalue weighted by Gasteiger charge is 2.24. The summed E-state index contributed by atoms with van der Waals surface area (Å²) in [5, 5.41) is 3.58. The maximum atomic E-state index is 5.77. The zero-order valence-electron chi connectivity index (χ0n) is 10.9. The molecule has 2 atom stereocenters. The largest absolute Gasteiger partial charge is 0.492 e. The molecular weight excluding hydrogens is 294 g/mol. The van der Waals surface area contributed by atoms with Gasteiger partial charge in [-0.3, -0.25) is 0 Å². The van der Waals surface area contributed by atoms with Gasteiger partial charge in [0.1, 0.15) is 12.4 Å². The molecule has 1 N–H and O–H groups in total. The average Bonchev–Trinajstić information content (AvgIpc) is 2.38. The highest BCUT2D eigenvalue weighted by molar-refractivity contribution is 9.10. The average molecular weight is 314 g/mol. The van der Waals surface area contributed by atoms with Crippen LogP contribution in [0.25, 0.3) is 0 Å². The van der Waals surface area contributed by atoms with E-state index < -0.39 is 0 Å². The van der Waals surface area contributed by atoms with Crippen molar-refractivity contribution < 1.29 is 9.47 Å².